The number of piperazine rings is 1. The van der Waals surface area contributed by atoms with Crippen LogP contribution < -0.4 is 15.2 Å². The third-order valence-electron chi connectivity index (χ3n) is 8.07. The van der Waals surface area contributed by atoms with Crippen LogP contribution in [0.1, 0.15) is 56.9 Å². The molecule has 1 atom stereocenters. The molecule has 3 aromatic rings. The van der Waals surface area contributed by atoms with Crippen molar-refractivity contribution in [2.45, 2.75) is 38.8 Å². The first-order chi connectivity index (χ1) is 19.0. The maximum Gasteiger partial charge on any atom is 0.220 e. The number of carbonyl (C=O) groups is 2. The number of carbonyl (C=O) groups excluding carboxylic acids is 2. The van der Waals surface area contributed by atoms with Crippen molar-refractivity contribution in [3.05, 3.63) is 75.8 Å². The van der Waals surface area contributed by atoms with E-state index in [-0.39, 0.29) is 23.0 Å². The average molecular weight is 531 g/mol. The molecule has 0 radical (unpaired) electrons. The lowest BCUT2D eigenvalue weighted by atomic mass is 9.90. The maximum absolute atomic E-state index is 13.1. The highest BCUT2D eigenvalue weighted by atomic mass is 16.5. The molecule has 1 aliphatic carbocycles. The molecule has 204 valence electrons. The zero-order valence-corrected chi connectivity index (χ0v) is 22.3. The van der Waals surface area contributed by atoms with Gasteiger partial charge in [-0.3, -0.25) is 14.5 Å². The Bertz CT molecular complexity index is 1390. The molecule has 6 rings (SSSR count). The molecule has 39 heavy (non-hydrogen) atoms. The number of nitrogens with one attached hydrogen (secondary N) is 1. The number of hydrogen-bond acceptors (Lipinski definition) is 8. The number of benzene rings is 2. The van der Waals surface area contributed by atoms with Gasteiger partial charge in [-0.05, 0) is 43.9 Å². The smallest absolute Gasteiger partial charge is 0.220 e. The molecule has 1 aromatic heterocycles. The van der Waals surface area contributed by atoms with E-state index in [1.807, 2.05) is 0 Å². The number of ketones is 2. The Balaban J connectivity index is 1.03. The largest absolute Gasteiger partial charge is 0.571 e. The fourth-order valence-electron chi connectivity index (χ4n) is 5.80. The van der Waals surface area contributed by atoms with Crippen molar-refractivity contribution in [3.63, 3.8) is 0 Å². The zero-order chi connectivity index (χ0) is 26.9. The number of hydrogen-bond donors (Lipinski definition) is 1. The van der Waals surface area contributed by atoms with Gasteiger partial charge in [0, 0.05) is 78.4 Å². The zero-order valence-electron chi connectivity index (χ0n) is 22.3. The monoisotopic (exact) mass is 530 g/mol. The van der Waals surface area contributed by atoms with Crippen LogP contribution in [0.4, 0.5) is 11.4 Å². The van der Waals surface area contributed by atoms with Gasteiger partial charge in [0.05, 0.1) is 12.6 Å². The first-order valence-corrected chi connectivity index (χ1v) is 13.8. The summed E-state index contributed by atoms with van der Waals surface area (Å²) in [6.07, 6.45) is 3.24. The van der Waals surface area contributed by atoms with E-state index < -0.39 is 0 Å². The van der Waals surface area contributed by atoms with Crippen LogP contribution in [0.3, 0.4) is 0 Å². The second kappa shape index (κ2) is 10.8. The quantitative estimate of drug-likeness (QED) is 0.274. The molecule has 2 aliphatic heterocycles. The molecule has 10 nitrogen and oxygen atoms in total. The van der Waals surface area contributed by atoms with Gasteiger partial charge in [-0.25, -0.2) is 0 Å². The highest BCUT2D eigenvalue weighted by Gasteiger charge is 2.39. The lowest BCUT2D eigenvalue weighted by Gasteiger charge is -2.36. The number of fused-ring (bicyclic) bond motifs is 2. The summed E-state index contributed by atoms with van der Waals surface area (Å²) in [5, 5.41) is 20.0. The van der Waals surface area contributed by atoms with E-state index in [4.69, 9.17) is 4.74 Å². The summed E-state index contributed by atoms with van der Waals surface area (Å²) < 4.78 is 7.06. The predicted molar refractivity (Wildman–Crippen MR) is 146 cm³/mol. The number of rotatable bonds is 8. The van der Waals surface area contributed by atoms with Gasteiger partial charge in [-0.1, -0.05) is 30.3 Å². The van der Waals surface area contributed by atoms with Crippen molar-refractivity contribution < 1.29 is 19.3 Å². The van der Waals surface area contributed by atoms with Crippen LogP contribution in [-0.4, -0.2) is 78.2 Å². The van der Waals surface area contributed by atoms with E-state index in [1.54, 1.807) is 24.3 Å². The number of anilines is 2. The minimum absolute atomic E-state index is 0.0509. The van der Waals surface area contributed by atoms with E-state index in [1.165, 1.54) is 15.9 Å². The van der Waals surface area contributed by atoms with Crippen molar-refractivity contribution in [3.8, 4) is 0 Å². The Morgan fingerprint density at radius 1 is 1.05 bits per heavy atom. The van der Waals surface area contributed by atoms with Gasteiger partial charge in [0.25, 0.3) is 0 Å². The SMILES string of the molecule is Cc1ccc(N2CCN(CCCn3c4c(n[n+]3[O-])C(=O)c3ccccc3C4=O)CC2)cc1NCC1CCCO1. The second-order valence-electron chi connectivity index (χ2n) is 10.6. The van der Waals surface area contributed by atoms with Crippen molar-refractivity contribution in [1.29, 1.82) is 0 Å². The minimum atomic E-state index is -0.374. The van der Waals surface area contributed by atoms with Gasteiger partial charge in [0.1, 0.15) is 0 Å². The normalized spacial score (nSPS) is 19.3. The molecule has 3 heterocycles. The van der Waals surface area contributed by atoms with Gasteiger partial charge in [0.2, 0.25) is 17.3 Å². The first-order valence-electron chi connectivity index (χ1n) is 13.8. The van der Waals surface area contributed by atoms with E-state index in [2.05, 4.69) is 45.3 Å². The summed E-state index contributed by atoms with van der Waals surface area (Å²) >= 11 is 0. The Kier molecular flexibility index (Phi) is 7.05. The van der Waals surface area contributed by atoms with Gasteiger partial charge in [0.15, 0.2) is 5.69 Å². The first kappa shape index (κ1) is 25.5. The van der Waals surface area contributed by atoms with E-state index >= 15 is 0 Å². The molecule has 0 amide bonds. The number of nitrogens with zero attached hydrogens (tertiary/aromatic N) is 5. The van der Waals surface area contributed by atoms with Crippen LogP contribution in [0, 0.1) is 12.1 Å². The molecule has 2 fully saturated rings. The van der Waals surface area contributed by atoms with E-state index in [0.717, 1.165) is 64.4 Å². The molecule has 0 saturated carbocycles. The molecule has 0 spiro atoms. The summed E-state index contributed by atoms with van der Waals surface area (Å²) in [7, 11) is 0. The lowest BCUT2D eigenvalue weighted by Crippen LogP contribution is -2.47. The van der Waals surface area contributed by atoms with Crippen LogP contribution in [-0.2, 0) is 11.3 Å². The van der Waals surface area contributed by atoms with Crippen LogP contribution in [0.25, 0.3) is 0 Å². The molecule has 2 saturated heterocycles. The molecule has 1 N–H and O–H groups in total. The van der Waals surface area contributed by atoms with Gasteiger partial charge >= 0.3 is 0 Å². The Hall–Kier alpha value is -3.76. The standard InChI is InChI=1S/C29H34N6O4/c1-20-9-10-21(18-25(20)30-19-22-6-4-17-39-22)33-15-13-32(14-16-33)11-5-12-34-27-26(31-35(34)38)28(36)23-7-2-3-8-24(23)29(27)37/h2-3,7-10,18,22,30H,4-6,11-17,19H2,1H3. The highest BCUT2D eigenvalue weighted by molar-refractivity contribution is 6.26. The Morgan fingerprint density at radius 2 is 1.82 bits per heavy atom. The Labute approximate surface area is 227 Å². The average Bonchev–Trinajstić information content (AvgIpc) is 3.60. The predicted octanol–water partition coefficient (Wildman–Crippen LogP) is 2.40. The van der Waals surface area contributed by atoms with Crippen molar-refractivity contribution >= 4 is 22.9 Å². The van der Waals surface area contributed by atoms with E-state index in [0.29, 0.717) is 35.2 Å². The molecule has 0 bridgehead atoms. The molecular formula is C29H34N6O4. The molecule has 3 aliphatic rings. The third kappa shape index (κ3) is 5.02. The highest BCUT2D eigenvalue weighted by Crippen LogP contribution is 2.27. The number of ether oxygens (including phenoxy) is 1. The van der Waals surface area contributed by atoms with Crippen molar-refractivity contribution in [2.75, 3.05) is 56.1 Å². The van der Waals surface area contributed by atoms with Crippen LogP contribution in [0.2, 0.25) is 0 Å². The summed E-state index contributed by atoms with van der Waals surface area (Å²) in [4.78, 5) is 31.1. The molecule has 1 unspecified atom stereocenters. The number of aromatic nitrogens is 3. The van der Waals surface area contributed by atoms with Gasteiger partial charge < -0.3 is 20.2 Å². The molecule has 10 heteroatoms. The Morgan fingerprint density at radius 3 is 2.56 bits per heavy atom. The molecule has 2 aromatic carbocycles. The summed E-state index contributed by atoms with van der Waals surface area (Å²) in [5.74, 6) is -0.695. The van der Waals surface area contributed by atoms with Gasteiger partial charge in [-0.15, -0.1) is 4.68 Å². The fraction of sp³-hybridized carbons (Fsp3) is 0.448. The number of aryl methyl sites for hydroxylation is 1. The lowest BCUT2D eigenvalue weighted by molar-refractivity contribution is -0.749. The van der Waals surface area contributed by atoms with E-state index in [9.17, 15) is 14.8 Å². The summed E-state index contributed by atoms with van der Waals surface area (Å²) in [6, 6.07) is 13.3. The maximum atomic E-state index is 13.1. The summed E-state index contributed by atoms with van der Waals surface area (Å²) in [5.41, 5.74) is 4.29. The van der Waals surface area contributed by atoms with Crippen LogP contribution in [0.5, 0.6) is 0 Å². The van der Waals surface area contributed by atoms with Gasteiger partial charge in [-0.2, -0.15) is 0 Å². The minimum Gasteiger partial charge on any atom is -0.571 e. The van der Waals surface area contributed by atoms with Crippen LogP contribution >= 0.6 is 0 Å². The fourth-order valence-corrected chi connectivity index (χ4v) is 5.80. The van der Waals surface area contributed by atoms with Crippen molar-refractivity contribution in [1.82, 2.24) is 14.7 Å². The second-order valence-corrected chi connectivity index (χ2v) is 10.6. The topological polar surface area (TPSA) is 107 Å². The molecular weight excluding hydrogens is 496 g/mol. The summed E-state index contributed by atoms with van der Waals surface area (Å²) in [6.45, 7) is 8.61. The van der Waals surface area contributed by atoms with Crippen LogP contribution in [0.15, 0.2) is 42.5 Å². The third-order valence-corrected chi connectivity index (χ3v) is 8.07. The van der Waals surface area contributed by atoms with Crippen molar-refractivity contribution in [2.24, 2.45) is 0 Å².